The zero-order valence-corrected chi connectivity index (χ0v) is 9.85. The highest BCUT2D eigenvalue weighted by Gasteiger charge is 2.05. The molecule has 0 bridgehead atoms. The van der Waals surface area contributed by atoms with Crippen LogP contribution in [0.1, 0.15) is 5.56 Å². The molecule has 0 unspecified atom stereocenters. The van der Waals surface area contributed by atoms with Crippen molar-refractivity contribution in [3.8, 4) is 11.5 Å². The summed E-state index contributed by atoms with van der Waals surface area (Å²) in [5, 5.41) is 18.2. The fourth-order valence-corrected chi connectivity index (χ4v) is 1.48. The molecule has 0 fully saturated rings. The highest BCUT2D eigenvalue weighted by Crippen LogP contribution is 2.27. The molecule has 19 heavy (non-hydrogen) atoms. The number of ether oxygens (including phenoxy) is 1. The molecule has 0 radical (unpaired) electrons. The Morgan fingerprint density at radius 3 is 2.53 bits per heavy atom. The van der Waals surface area contributed by atoms with Gasteiger partial charge in [-0.3, -0.25) is 4.99 Å². The van der Waals surface area contributed by atoms with Crippen LogP contribution in [-0.4, -0.2) is 22.6 Å². The van der Waals surface area contributed by atoms with Crippen LogP contribution in [0.2, 0.25) is 0 Å². The van der Waals surface area contributed by atoms with Crippen molar-refractivity contribution in [1.29, 1.82) is 0 Å². The van der Waals surface area contributed by atoms with Crippen molar-refractivity contribution in [3.05, 3.63) is 54.1 Å². The third-order valence-electron chi connectivity index (χ3n) is 2.34. The maximum absolute atomic E-state index is 10.5. The van der Waals surface area contributed by atoms with Crippen molar-refractivity contribution in [2.45, 2.75) is 0 Å². The molecule has 0 spiro atoms. The summed E-state index contributed by atoms with van der Waals surface area (Å²) in [6.45, 7) is 0. The van der Waals surface area contributed by atoms with Crippen LogP contribution >= 0.6 is 0 Å². The van der Waals surface area contributed by atoms with Crippen LogP contribution < -0.4 is 4.74 Å². The van der Waals surface area contributed by atoms with Gasteiger partial charge in [-0.2, -0.15) is 0 Å². The molecule has 2 aromatic rings. The van der Waals surface area contributed by atoms with Gasteiger partial charge < -0.3 is 14.9 Å². The van der Waals surface area contributed by atoms with Crippen molar-refractivity contribution in [2.24, 2.45) is 4.99 Å². The number of hydrogen-bond donors (Lipinski definition) is 2. The lowest BCUT2D eigenvalue weighted by Crippen LogP contribution is -2.02. The minimum Gasteiger partial charge on any atom is -0.507 e. The Morgan fingerprint density at radius 2 is 1.79 bits per heavy atom. The van der Waals surface area contributed by atoms with E-state index in [1.54, 1.807) is 42.5 Å². The third kappa shape index (κ3) is 3.32. The minimum atomic E-state index is -1.40. The fourth-order valence-electron chi connectivity index (χ4n) is 1.48. The van der Waals surface area contributed by atoms with Gasteiger partial charge in [0.15, 0.2) is 5.75 Å². The van der Waals surface area contributed by atoms with E-state index in [4.69, 9.17) is 5.11 Å². The number of nitrogens with zero attached hydrogens (tertiary/aromatic N) is 1. The van der Waals surface area contributed by atoms with Gasteiger partial charge in [0.2, 0.25) is 0 Å². The second-order valence-electron chi connectivity index (χ2n) is 3.65. The molecule has 0 aliphatic rings. The van der Waals surface area contributed by atoms with Crippen molar-refractivity contribution >= 4 is 18.1 Å². The number of hydrogen-bond acceptors (Lipinski definition) is 4. The van der Waals surface area contributed by atoms with Crippen molar-refractivity contribution in [3.63, 3.8) is 0 Å². The molecule has 0 aromatic heterocycles. The normalized spacial score (nSPS) is 10.5. The lowest BCUT2D eigenvalue weighted by Gasteiger charge is -2.03. The topological polar surface area (TPSA) is 79.1 Å². The summed E-state index contributed by atoms with van der Waals surface area (Å²) >= 11 is 0. The molecule has 0 amide bonds. The first-order valence-electron chi connectivity index (χ1n) is 5.48. The van der Waals surface area contributed by atoms with Gasteiger partial charge >= 0.3 is 6.16 Å². The second-order valence-corrected chi connectivity index (χ2v) is 3.65. The first kappa shape index (κ1) is 12.6. The van der Waals surface area contributed by atoms with Gasteiger partial charge in [0, 0.05) is 11.8 Å². The van der Waals surface area contributed by atoms with Gasteiger partial charge in [0.05, 0.1) is 0 Å². The number of rotatable bonds is 3. The quantitative estimate of drug-likeness (QED) is 0.502. The monoisotopic (exact) mass is 257 g/mol. The van der Waals surface area contributed by atoms with Crippen LogP contribution in [0.3, 0.4) is 0 Å². The van der Waals surface area contributed by atoms with Gasteiger partial charge in [-0.15, -0.1) is 0 Å². The number of aliphatic imine (C=N–C) groups is 1. The van der Waals surface area contributed by atoms with Gasteiger partial charge in [-0.1, -0.05) is 24.3 Å². The molecular formula is C14H11NO4. The number of carbonyl (C=O) groups is 1. The van der Waals surface area contributed by atoms with E-state index >= 15 is 0 Å². The summed E-state index contributed by atoms with van der Waals surface area (Å²) in [5.74, 6) is 0.240. The Kier molecular flexibility index (Phi) is 3.78. The third-order valence-corrected chi connectivity index (χ3v) is 2.34. The largest absolute Gasteiger partial charge is 0.511 e. The van der Waals surface area contributed by atoms with Crippen molar-refractivity contribution in [1.82, 2.24) is 0 Å². The Morgan fingerprint density at radius 1 is 1.11 bits per heavy atom. The second kappa shape index (κ2) is 5.68. The standard InChI is InChI=1S/C14H11NO4/c16-12-7-3-1-5-10(12)9-15-11-6-2-4-8-13(11)19-14(17)18/h1-9,16H,(H,17,18). The van der Waals surface area contributed by atoms with Crippen LogP contribution in [0.15, 0.2) is 53.5 Å². The number of para-hydroxylation sites is 3. The lowest BCUT2D eigenvalue weighted by molar-refractivity contribution is 0.144. The van der Waals surface area contributed by atoms with E-state index in [2.05, 4.69) is 9.73 Å². The summed E-state index contributed by atoms with van der Waals surface area (Å²) < 4.78 is 4.60. The maximum Gasteiger partial charge on any atom is 0.511 e. The van der Waals surface area contributed by atoms with Crippen LogP contribution in [0.25, 0.3) is 0 Å². The smallest absolute Gasteiger partial charge is 0.507 e. The molecule has 0 heterocycles. The average molecular weight is 257 g/mol. The van der Waals surface area contributed by atoms with Crippen LogP contribution in [0, 0.1) is 0 Å². The van der Waals surface area contributed by atoms with Crippen molar-refractivity contribution in [2.75, 3.05) is 0 Å². The average Bonchev–Trinajstić information content (AvgIpc) is 2.39. The van der Waals surface area contributed by atoms with Crippen LogP contribution in [-0.2, 0) is 0 Å². The number of carboxylic acid groups (broad SMARTS) is 1. The molecule has 0 saturated heterocycles. The number of phenols is 1. The summed E-state index contributed by atoms with van der Waals surface area (Å²) in [7, 11) is 0. The highest BCUT2D eigenvalue weighted by atomic mass is 16.7. The SMILES string of the molecule is O=C(O)Oc1ccccc1N=Cc1ccccc1O. The Hall–Kier alpha value is -2.82. The zero-order valence-electron chi connectivity index (χ0n) is 9.85. The molecule has 2 N–H and O–H groups in total. The molecule has 0 atom stereocenters. The van der Waals surface area contributed by atoms with E-state index < -0.39 is 6.16 Å². The Balaban J connectivity index is 2.28. The molecule has 5 nitrogen and oxygen atoms in total. The molecule has 0 aliphatic heterocycles. The van der Waals surface area contributed by atoms with Gasteiger partial charge in [-0.25, -0.2) is 4.79 Å². The van der Waals surface area contributed by atoms with Gasteiger partial charge in [0.1, 0.15) is 11.4 Å². The maximum atomic E-state index is 10.5. The van der Waals surface area contributed by atoms with Gasteiger partial charge in [-0.05, 0) is 24.3 Å². The minimum absolute atomic E-state index is 0.0999. The summed E-state index contributed by atoms with van der Waals surface area (Å²) in [6, 6.07) is 13.2. The van der Waals surface area contributed by atoms with E-state index in [9.17, 15) is 9.90 Å². The molecule has 0 aliphatic carbocycles. The molecule has 2 rings (SSSR count). The van der Waals surface area contributed by atoms with Gasteiger partial charge in [0.25, 0.3) is 0 Å². The van der Waals surface area contributed by atoms with Crippen LogP contribution in [0.4, 0.5) is 10.5 Å². The zero-order chi connectivity index (χ0) is 13.7. The Labute approximate surface area is 109 Å². The predicted molar refractivity (Wildman–Crippen MR) is 70.5 cm³/mol. The van der Waals surface area contributed by atoms with E-state index in [0.717, 1.165) is 0 Å². The van der Waals surface area contributed by atoms with E-state index in [-0.39, 0.29) is 11.5 Å². The number of benzene rings is 2. The molecule has 96 valence electrons. The van der Waals surface area contributed by atoms with E-state index in [1.807, 2.05) is 0 Å². The summed E-state index contributed by atoms with van der Waals surface area (Å²) in [5.41, 5.74) is 0.904. The summed E-state index contributed by atoms with van der Waals surface area (Å²) in [6.07, 6.45) is 0.0459. The van der Waals surface area contributed by atoms with E-state index in [0.29, 0.717) is 11.3 Å². The number of phenolic OH excluding ortho intramolecular Hbond substituents is 1. The fraction of sp³-hybridized carbons (Fsp3) is 0. The molecular weight excluding hydrogens is 246 g/mol. The summed E-state index contributed by atoms with van der Waals surface area (Å²) in [4.78, 5) is 14.7. The van der Waals surface area contributed by atoms with Crippen molar-refractivity contribution < 1.29 is 19.7 Å². The first-order valence-corrected chi connectivity index (χ1v) is 5.48. The highest BCUT2D eigenvalue weighted by molar-refractivity contribution is 5.86. The molecule has 5 heteroatoms. The number of aromatic hydroxyl groups is 1. The Bertz CT molecular complexity index is 622. The van der Waals surface area contributed by atoms with Crippen LogP contribution in [0.5, 0.6) is 11.5 Å². The molecule has 0 saturated carbocycles. The first-order chi connectivity index (χ1) is 9.16. The lowest BCUT2D eigenvalue weighted by atomic mass is 10.2. The molecule has 2 aromatic carbocycles. The predicted octanol–water partition coefficient (Wildman–Crippen LogP) is 3.20. The van der Waals surface area contributed by atoms with E-state index in [1.165, 1.54) is 12.3 Å².